The lowest BCUT2D eigenvalue weighted by atomic mass is 9.69. The van der Waals surface area contributed by atoms with E-state index in [-0.39, 0.29) is 17.1 Å². The van der Waals surface area contributed by atoms with Crippen LogP contribution >= 0.6 is 0 Å². The van der Waals surface area contributed by atoms with Crippen molar-refractivity contribution in [3.63, 3.8) is 0 Å². The van der Waals surface area contributed by atoms with Crippen molar-refractivity contribution in [3.8, 4) is 6.07 Å². The van der Waals surface area contributed by atoms with Gasteiger partial charge in [0.15, 0.2) is 0 Å². The van der Waals surface area contributed by atoms with Gasteiger partial charge >= 0.3 is 6.03 Å². The van der Waals surface area contributed by atoms with Crippen LogP contribution in [0.4, 0.5) is 10.5 Å². The number of nitrogens with one attached hydrogen (secondary N) is 2. The predicted molar refractivity (Wildman–Crippen MR) is 110 cm³/mol. The molecule has 1 spiro atoms. The fourth-order valence-corrected chi connectivity index (χ4v) is 4.81. The highest BCUT2D eigenvalue weighted by Crippen LogP contribution is 2.44. The number of carbonyl (C=O) groups excluding carboxylic acids is 1. The van der Waals surface area contributed by atoms with E-state index >= 15 is 0 Å². The number of hydrogen-bond acceptors (Lipinski definition) is 3. The summed E-state index contributed by atoms with van der Waals surface area (Å²) in [6, 6.07) is 20.1. The summed E-state index contributed by atoms with van der Waals surface area (Å²) in [4.78, 5) is 14.5. The molecule has 144 valence electrons. The predicted octanol–water partition coefficient (Wildman–Crippen LogP) is 3.91. The Bertz CT molecular complexity index is 894. The molecule has 4 rings (SSSR count). The molecule has 2 fully saturated rings. The number of nitrogens with zero attached hydrogens (tertiary/aromatic N) is 2. The molecule has 28 heavy (non-hydrogen) atoms. The van der Waals surface area contributed by atoms with Gasteiger partial charge in [0.25, 0.3) is 0 Å². The van der Waals surface area contributed by atoms with Gasteiger partial charge in [-0.05, 0) is 49.9 Å². The maximum absolute atomic E-state index is 12.8. The lowest BCUT2D eigenvalue weighted by Gasteiger charge is -2.45. The monoisotopic (exact) mass is 374 g/mol. The number of nitriles is 1. The molecule has 0 atom stereocenters. The summed E-state index contributed by atoms with van der Waals surface area (Å²) in [6.45, 7) is 3.67. The van der Waals surface area contributed by atoms with Crippen LogP contribution in [0.25, 0.3) is 0 Å². The lowest BCUT2D eigenvalue weighted by molar-refractivity contribution is 0.161. The molecule has 1 aliphatic carbocycles. The van der Waals surface area contributed by atoms with E-state index in [0.29, 0.717) is 17.8 Å². The highest BCUT2D eigenvalue weighted by atomic mass is 16.2. The van der Waals surface area contributed by atoms with Crippen molar-refractivity contribution in [2.24, 2.45) is 0 Å². The maximum atomic E-state index is 12.8. The van der Waals surface area contributed by atoms with Crippen molar-refractivity contribution in [2.45, 2.75) is 43.7 Å². The fraction of sp³-hybridized carbons (Fsp3) is 0.391. The molecular weight excluding hydrogens is 348 g/mol. The third-order valence-corrected chi connectivity index (χ3v) is 6.30. The first kappa shape index (κ1) is 18.5. The SMILES string of the molecule is CCN[C@]1(c2ccccc2)CC[C@]2(CC1)CN(c1ccccc1C#N)C(=O)N2. The van der Waals surface area contributed by atoms with Crippen LogP contribution in [-0.4, -0.2) is 24.7 Å². The van der Waals surface area contributed by atoms with Crippen LogP contribution in [0, 0.1) is 11.3 Å². The Kier molecular flexibility index (Phi) is 4.82. The minimum Gasteiger partial charge on any atom is -0.330 e. The quantitative estimate of drug-likeness (QED) is 0.853. The lowest BCUT2D eigenvalue weighted by Crippen LogP contribution is -2.54. The molecule has 2 N–H and O–H groups in total. The molecule has 2 aromatic rings. The zero-order valence-corrected chi connectivity index (χ0v) is 16.2. The normalized spacial score (nSPS) is 26.9. The van der Waals surface area contributed by atoms with Crippen LogP contribution in [0.1, 0.15) is 43.7 Å². The van der Waals surface area contributed by atoms with Gasteiger partial charge in [0.1, 0.15) is 6.07 Å². The molecule has 5 nitrogen and oxygen atoms in total. The van der Waals surface area contributed by atoms with E-state index in [1.807, 2.05) is 18.2 Å². The van der Waals surface area contributed by atoms with Gasteiger partial charge in [-0.2, -0.15) is 5.26 Å². The molecular formula is C23H26N4O. The van der Waals surface area contributed by atoms with E-state index in [9.17, 15) is 10.1 Å². The summed E-state index contributed by atoms with van der Waals surface area (Å²) in [5, 5.41) is 16.4. The molecule has 1 aliphatic heterocycles. The molecule has 0 aromatic heterocycles. The standard InChI is InChI=1S/C23H26N4O/c1-2-25-23(19-9-4-3-5-10-19)14-12-22(13-15-23)17-27(21(28)26-22)20-11-7-6-8-18(20)16-24/h3-11,25H,2,12-15,17H2,1H3,(H,26,28)/t22-,23+. The summed E-state index contributed by atoms with van der Waals surface area (Å²) in [5.74, 6) is 0. The largest absolute Gasteiger partial charge is 0.330 e. The average Bonchev–Trinajstić information content (AvgIpc) is 3.06. The van der Waals surface area contributed by atoms with Gasteiger partial charge in [-0.25, -0.2) is 4.79 Å². The molecule has 2 aromatic carbocycles. The van der Waals surface area contributed by atoms with Gasteiger partial charge in [0.05, 0.1) is 23.3 Å². The Labute approximate surface area is 166 Å². The molecule has 0 radical (unpaired) electrons. The van der Waals surface area contributed by atoms with Crippen LogP contribution in [0.15, 0.2) is 54.6 Å². The Morgan fingerprint density at radius 1 is 1.07 bits per heavy atom. The van der Waals surface area contributed by atoms with Gasteiger partial charge in [-0.3, -0.25) is 4.90 Å². The van der Waals surface area contributed by atoms with E-state index in [2.05, 4.69) is 54.0 Å². The first-order chi connectivity index (χ1) is 13.6. The molecule has 1 heterocycles. The van der Waals surface area contributed by atoms with Crippen molar-refractivity contribution in [1.29, 1.82) is 5.26 Å². The highest BCUT2D eigenvalue weighted by Gasteiger charge is 2.49. The third-order valence-electron chi connectivity index (χ3n) is 6.30. The topological polar surface area (TPSA) is 68.2 Å². The second-order valence-electron chi connectivity index (χ2n) is 7.90. The van der Waals surface area contributed by atoms with E-state index in [4.69, 9.17) is 0 Å². The second-order valence-corrected chi connectivity index (χ2v) is 7.90. The summed E-state index contributed by atoms with van der Waals surface area (Å²) in [5.41, 5.74) is 2.29. The van der Waals surface area contributed by atoms with Crippen molar-refractivity contribution in [3.05, 3.63) is 65.7 Å². The zero-order chi connectivity index (χ0) is 19.6. The molecule has 1 saturated carbocycles. The average molecular weight is 374 g/mol. The summed E-state index contributed by atoms with van der Waals surface area (Å²) < 4.78 is 0. The van der Waals surface area contributed by atoms with Crippen LogP contribution in [-0.2, 0) is 5.54 Å². The molecule has 0 unspecified atom stereocenters. The number of benzene rings is 2. The van der Waals surface area contributed by atoms with Gasteiger partial charge in [-0.1, -0.05) is 49.4 Å². The smallest absolute Gasteiger partial charge is 0.322 e. The summed E-state index contributed by atoms with van der Waals surface area (Å²) in [7, 11) is 0. The molecule has 0 bridgehead atoms. The summed E-state index contributed by atoms with van der Waals surface area (Å²) in [6.07, 6.45) is 3.76. The Hall–Kier alpha value is -2.84. The highest BCUT2D eigenvalue weighted by molar-refractivity contribution is 5.96. The summed E-state index contributed by atoms with van der Waals surface area (Å²) >= 11 is 0. The minimum absolute atomic E-state index is 0.0377. The number of hydrogen-bond donors (Lipinski definition) is 2. The number of amides is 2. The number of carbonyl (C=O) groups is 1. The van der Waals surface area contributed by atoms with Crippen LogP contribution in [0.3, 0.4) is 0 Å². The molecule has 2 amide bonds. The number of anilines is 1. The first-order valence-electron chi connectivity index (χ1n) is 10.0. The Morgan fingerprint density at radius 2 is 1.75 bits per heavy atom. The van der Waals surface area contributed by atoms with Gasteiger partial charge in [0.2, 0.25) is 0 Å². The van der Waals surface area contributed by atoms with Crippen LogP contribution in [0.5, 0.6) is 0 Å². The minimum atomic E-state index is -0.229. The maximum Gasteiger partial charge on any atom is 0.322 e. The number of urea groups is 1. The molecule has 1 saturated heterocycles. The van der Waals surface area contributed by atoms with Gasteiger partial charge in [-0.15, -0.1) is 0 Å². The second kappa shape index (κ2) is 7.29. The number of rotatable bonds is 4. The van der Waals surface area contributed by atoms with Crippen molar-refractivity contribution < 1.29 is 4.79 Å². The Morgan fingerprint density at radius 3 is 2.43 bits per heavy atom. The van der Waals surface area contributed by atoms with Crippen molar-refractivity contribution in [2.75, 3.05) is 18.0 Å². The van der Waals surface area contributed by atoms with E-state index in [0.717, 1.165) is 32.2 Å². The van der Waals surface area contributed by atoms with Gasteiger partial charge in [0, 0.05) is 5.54 Å². The molecule has 2 aliphatic rings. The van der Waals surface area contributed by atoms with Crippen LogP contribution in [0.2, 0.25) is 0 Å². The fourth-order valence-electron chi connectivity index (χ4n) is 4.81. The van der Waals surface area contributed by atoms with E-state index < -0.39 is 0 Å². The van der Waals surface area contributed by atoms with Gasteiger partial charge < -0.3 is 10.6 Å². The van der Waals surface area contributed by atoms with E-state index in [1.54, 1.807) is 11.0 Å². The Balaban J connectivity index is 1.56. The van der Waals surface area contributed by atoms with Crippen LogP contribution < -0.4 is 15.5 Å². The van der Waals surface area contributed by atoms with Crippen molar-refractivity contribution >= 4 is 11.7 Å². The third kappa shape index (κ3) is 3.14. The van der Waals surface area contributed by atoms with E-state index in [1.165, 1.54) is 5.56 Å². The van der Waals surface area contributed by atoms with Crippen molar-refractivity contribution in [1.82, 2.24) is 10.6 Å². The number of para-hydroxylation sites is 1. The first-order valence-corrected chi connectivity index (χ1v) is 10.0. The molecule has 5 heteroatoms. The zero-order valence-electron chi connectivity index (χ0n) is 16.2.